The summed E-state index contributed by atoms with van der Waals surface area (Å²) >= 11 is 5.71. The smallest absolute Gasteiger partial charge is 0.345 e. The van der Waals surface area contributed by atoms with Crippen molar-refractivity contribution in [1.82, 2.24) is 4.90 Å². The van der Waals surface area contributed by atoms with E-state index >= 15 is 0 Å². The molecule has 0 fully saturated rings. The highest BCUT2D eigenvalue weighted by molar-refractivity contribution is 6.31. The van der Waals surface area contributed by atoms with Crippen molar-refractivity contribution in [2.45, 2.75) is 13.5 Å². The first kappa shape index (κ1) is 19.4. The summed E-state index contributed by atoms with van der Waals surface area (Å²) in [7, 11) is 0. The van der Waals surface area contributed by atoms with Gasteiger partial charge in [0.15, 0.2) is 6.61 Å². The Balaban J connectivity index is 2.02. The molecule has 0 spiro atoms. The monoisotopic (exact) mass is 376 g/mol. The van der Waals surface area contributed by atoms with Crippen LogP contribution in [0.15, 0.2) is 48.5 Å². The van der Waals surface area contributed by atoms with E-state index in [1.165, 1.54) is 17.0 Å². The van der Waals surface area contributed by atoms with Crippen molar-refractivity contribution < 1.29 is 19.2 Å². The molecule has 1 amide bonds. The molecule has 0 atom stereocenters. The molecule has 0 aliphatic rings. The summed E-state index contributed by atoms with van der Waals surface area (Å²) in [6, 6.07) is 13.0. The first-order valence-electron chi connectivity index (χ1n) is 7.85. The molecule has 0 unspecified atom stereocenters. The zero-order valence-corrected chi connectivity index (χ0v) is 14.8. The fourth-order valence-corrected chi connectivity index (χ4v) is 2.47. The van der Waals surface area contributed by atoms with Crippen molar-refractivity contribution in [3.8, 4) is 0 Å². The molecule has 0 saturated heterocycles. The van der Waals surface area contributed by atoms with Gasteiger partial charge in [-0.3, -0.25) is 14.9 Å². The molecule has 0 N–H and O–H groups in total. The maximum Gasteiger partial charge on any atom is 0.345 e. The van der Waals surface area contributed by atoms with E-state index in [4.69, 9.17) is 16.3 Å². The molecule has 8 heteroatoms. The molecule has 2 aromatic rings. The molecule has 0 heterocycles. The lowest BCUT2D eigenvalue weighted by atomic mass is 10.2. The van der Waals surface area contributed by atoms with E-state index in [1.54, 1.807) is 0 Å². The number of carbonyl (C=O) groups excluding carboxylic acids is 2. The zero-order chi connectivity index (χ0) is 19.1. The molecule has 26 heavy (non-hydrogen) atoms. The Bertz CT molecular complexity index is 810. The number of likely N-dealkylation sites (N-methyl/N-ethyl adjacent to an activating group) is 1. The molecule has 0 bridgehead atoms. The Morgan fingerprint density at radius 2 is 1.88 bits per heavy atom. The zero-order valence-electron chi connectivity index (χ0n) is 14.1. The highest BCUT2D eigenvalue weighted by atomic mass is 35.5. The van der Waals surface area contributed by atoms with Gasteiger partial charge in [0, 0.05) is 24.2 Å². The minimum Gasteiger partial charge on any atom is -0.452 e. The van der Waals surface area contributed by atoms with E-state index in [1.807, 2.05) is 37.3 Å². The van der Waals surface area contributed by atoms with Crippen molar-refractivity contribution in [1.29, 1.82) is 0 Å². The Hall–Kier alpha value is -2.93. The molecular weight excluding hydrogens is 360 g/mol. The molecule has 136 valence electrons. The quantitative estimate of drug-likeness (QED) is 0.419. The number of amides is 1. The van der Waals surface area contributed by atoms with Gasteiger partial charge in [-0.25, -0.2) is 4.79 Å². The number of rotatable bonds is 7. The summed E-state index contributed by atoms with van der Waals surface area (Å²) in [5.41, 5.74) is 0.229. The van der Waals surface area contributed by atoms with Crippen LogP contribution in [0.3, 0.4) is 0 Å². The molecule has 0 radical (unpaired) electrons. The van der Waals surface area contributed by atoms with Gasteiger partial charge in [0.2, 0.25) is 0 Å². The summed E-state index contributed by atoms with van der Waals surface area (Å²) in [5.74, 6) is -1.33. The Morgan fingerprint density at radius 1 is 1.19 bits per heavy atom. The molecule has 7 nitrogen and oxygen atoms in total. The van der Waals surface area contributed by atoms with Gasteiger partial charge in [0.05, 0.1) is 4.92 Å². The number of carbonyl (C=O) groups is 2. The minimum atomic E-state index is -0.947. The molecule has 0 aliphatic heterocycles. The number of esters is 1. The fraction of sp³-hybridized carbons (Fsp3) is 0.222. The number of nitrogens with zero attached hydrogens (tertiary/aromatic N) is 2. The maximum atomic E-state index is 12.3. The third kappa shape index (κ3) is 5.03. The average Bonchev–Trinajstić information content (AvgIpc) is 2.64. The van der Waals surface area contributed by atoms with Gasteiger partial charge >= 0.3 is 5.97 Å². The van der Waals surface area contributed by atoms with Crippen molar-refractivity contribution in [3.05, 3.63) is 74.8 Å². The van der Waals surface area contributed by atoms with Crippen LogP contribution >= 0.6 is 11.6 Å². The van der Waals surface area contributed by atoms with Crippen molar-refractivity contribution in [2.24, 2.45) is 0 Å². The first-order chi connectivity index (χ1) is 12.4. The molecule has 2 rings (SSSR count). The van der Waals surface area contributed by atoms with Gasteiger partial charge in [-0.15, -0.1) is 0 Å². The van der Waals surface area contributed by atoms with E-state index in [9.17, 15) is 19.7 Å². The van der Waals surface area contributed by atoms with Gasteiger partial charge in [0.1, 0.15) is 5.56 Å². The second kappa shape index (κ2) is 8.96. The van der Waals surface area contributed by atoms with Crippen molar-refractivity contribution in [2.75, 3.05) is 13.2 Å². The standard InChI is InChI=1S/C18H17ClN2O5/c1-2-20(11-13-6-4-3-5-7-13)17(22)12-26-18(23)15-9-8-14(19)10-16(15)21(24)25/h3-10H,2,11-12H2,1H3. The average molecular weight is 377 g/mol. The second-order valence-electron chi connectivity index (χ2n) is 5.39. The van der Waals surface area contributed by atoms with Crippen molar-refractivity contribution >= 4 is 29.2 Å². The Labute approximate surface area is 155 Å². The van der Waals surface area contributed by atoms with E-state index in [-0.39, 0.29) is 16.5 Å². The number of nitro benzene ring substituents is 1. The molecule has 0 aromatic heterocycles. The highest BCUT2D eigenvalue weighted by Gasteiger charge is 2.23. The van der Waals surface area contributed by atoms with Gasteiger partial charge in [-0.05, 0) is 24.6 Å². The van der Waals surface area contributed by atoms with E-state index in [0.717, 1.165) is 11.6 Å². The topological polar surface area (TPSA) is 89.8 Å². The summed E-state index contributed by atoms with van der Waals surface area (Å²) in [5, 5.41) is 11.2. The SMILES string of the molecule is CCN(Cc1ccccc1)C(=O)COC(=O)c1ccc(Cl)cc1[N+](=O)[O-]. The third-order valence-electron chi connectivity index (χ3n) is 3.65. The molecule has 0 saturated carbocycles. The summed E-state index contributed by atoms with van der Waals surface area (Å²) in [4.78, 5) is 36.2. The Kier molecular flexibility index (Phi) is 6.68. The normalized spacial score (nSPS) is 10.2. The second-order valence-corrected chi connectivity index (χ2v) is 5.82. The number of benzene rings is 2. The summed E-state index contributed by atoms with van der Waals surface area (Å²) < 4.78 is 4.96. The van der Waals surface area contributed by atoms with Crippen LogP contribution in [0.5, 0.6) is 0 Å². The minimum absolute atomic E-state index is 0.129. The van der Waals surface area contributed by atoms with Gasteiger partial charge in [-0.2, -0.15) is 0 Å². The van der Waals surface area contributed by atoms with Crippen LogP contribution in [0.4, 0.5) is 5.69 Å². The number of ether oxygens (including phenoxy) is 1. The first-order valence-corrected chi connectivity index (χ1v) is 8.23. The van der Waals surface area contributed by atoms with Gasteiger partial charge < -0.3 is 9.64 Å². The van der Waals surface area contributed by atoms with Crippen LogP contribution in [-0.2, 0) is 16.1 Å². The Morgan fingerprint density at radius 3 is 2.50 bits per heavy atom. The van der Waals surface area contributed by atoms with Gasteiger partial charge in [0.25, 0.3) is 11.6 Å². The maximum absolute atomic E-state index is 12.3. The fourth-order valence-electron chi connectivity index (χ4n) is 2.30. The predicted molar refractivity (Wildman–Crippen MR) is 95.9 cm³/mol. The van der Waals surface area contributed by atoms with Crippen LogP contribution < -0.4 is 0 Å². The number of halogens is 1. The largest absolute Gasteiger partial charge is 0.452 e. The third-order valence-corrected chi connectivity index (χ3v) is 3.89. The van der Waals surface area contributed by atoms with E-state index in [2.05, 4.69) is 0 Å². The van der Waals surface area contributed by atoms with Crippen molar-refractivity contribution in [3.63, 3.8) is 0 Å². The van der Waals surface area contributed by atoms with E-state index < -0.39 is 23.2 Å². The highest BCUT2D eigenvalue weighted by Crippen LogP contribution is 2.23. The van der Waals surface area contributed by atoms with Gasteiger partial charge in [-0.1, -0.05) is 41.9 Å². The number of nitro groups is 1. The predicted octanol–water partition coefficient (Wildman–Crippen LogP) is 3.45. The van der Waals surface area contributed by atoms with Crippen LogP contribution in [0.1, 0.15) is 22.8 Å². The van der Waals surface area contributed by atoms with Crippen LogP contribution in [0.25, 0.3) is 0 Å². The lowest BCUT2D eigenvalue weighted by molar-refractivity contribution is -0.385. The lowest BCUT2D eigenvalue weighted by Crippen LogP contribution is -2.34. The molecule has 0 aliphatic carbocycles. The summed E-state index contributed by atoms with van der Waals surface area (Å²) in [6.45, 7) is 2.13. The van der Waals surface area contributed by atoms with E-state index in [0.29, 0.717) is 13.1 Å². The van der Waals surface area contributed by atoms with Crippen LogP contribution in [0.2, 0.25) is 5.02 Å². The number of hydrogen-bond acceptors (Lipinski definition) is 5. The van der Waals surface area contributed by atoms with Crippen LogP contribution in [-0.4, -0.2) is 34.9 Å². The molecular formula is C18H17ClN2O5. The molecule has 2 aromatic carbocycles. The number of hydrogen-bond donors (Lipinski definition) is 0. The lowest BCUT2D eigenvalue weighted by Gasteiger charge is -2.20. The van der Waals surface area contributed by atoms with Crippen LogP contribution in [0, 0.1) is 10.1 Å². The summed E-state index contributed by atoms with van der Waals surface area (Å²) in [6.07, 6.45) is 0.